The van der Waals surface area contributed by atoms with Gasteiger partial charge >= 0.3 is 0 Å². The molecule has 0 fully saturated rings. The summed E-state index contributed by atoms with van der Waals surface area (Å²) in [5.74, 6) is 1.36. The third kappa shape index (κ3) is 3.54. The third-order valence-corrected chi connectivity index (χ3v) is 3.62. The van der Waals surface area contributed by atoms with Crippen LogP contribution < -0.4 is 11.1 Å². The standard InChI is InChI=1S/C16H15ClN4O2/c17-13-14(12-2-1-9-23-12)20-16(18)21-15(13)19-8-7-10-3-5-11(22)6-4-10/h1-6,9,22H,7-8H2,(H3,18,19,20,21). The number of rotatable bonds is 5. The first-order valence-electron chi connectivity index (χ1n) is 7.02. The number of furan rings is 1. The van der Waals surface area contributed by atoms with E-state index in [9.17, 15) is 5.11 Å². The zero-order chi connectivity index (χ0) is 16.2. The van der Waals surface area contributed by atoms with Crippen molar-refractivity contribution in [2.75, 3.05) is 17.6 Å². The van der Waals surface area contributed by atoms with Gasteiger partial charge in [0.25, 0.3) is 0 Å². The number of halogens is 1. The van der Waals surface area contributed by atoms with Crippen LogP contribution in [0.5, 0.6) is 5.75 Å². The van der Waals surface area contributed by atoms with Crippen LogP contribution >= 0.6 is 11.6 Å². The molecule has 0 bridgehead atoms. The lowest BCUT2D eigenvalue weighted by atomic mass is 10.1. The number of aromatic nitrogens is 2. The molecule has 0 unspecified atom stereocenters. The van der Waals surface area contributed by atoms with Crippen molar-refractivity contribution in [1.82, 2.24) is 9.97 Å². The summed E-state index contributed by atoms with van der Waals surface area (Å²) < 4.78 is 5.31. The summed E-state index contributed by atoms with van der Waals surface area (Å²) in [5, 5.41) is 12.8. The third-order valence-electron chi connectivity index (χ3n) is 3.27. The molecule has 6 nitrogen and oxygen atoms in total. The lowest BCUT2D eigenvalue weighted by Crippen LogP contribution is -2.09. The number of benzene rings is 1. The summed E-state index contributed by atoms with van der Waals surface area (Å²) in [6.45, 7) is 0.610. The fourth-order valence-electron chi connectivity index (χ4n) is 2.15. The van der Waals surface area contributed by atoms with Crippen molar-refractivity contribution in [3.63, 3.8) is 0 Å². The van der Waals surface area contributed by atoms with Gasteiger partial charge in [-0.2, -0.15) is 4.98 Å². The Morgan fingerprint density at radius 3 is 2.65 bits per heavy atom. The summed E-state index contributed by atoms with van der Waals surface area (Å²) in [5.41, 5.74) is 7.28. The Morgan fingerprint density at radius 2 is 1.96 bits per heavy atom. The predicted molar refractivity (Wildman–Crippen MR) is 89.5 cm³/mol. The van der Waals surface area contributed by atoms with E-state index in [0.717, 1.165) is 12.0 Å². The number of phenolic OH excluding ortho intramolecular Hbond substituents is 1. The highest BCUT2D eigenvalue weighted by atomic mass is 35.5. The van der Waals surface area contributed by atoms with Gasteiger partial charge in [0.2, 0.25) is 5.95 Å². The van der Waals surface area contributed by atoms with Crippen molar-refractivity contribution in [2.45, 2.75) is 6.42 Å². The molecule has 23 heavy (non-hydrogen) atoms. The predicted octanol–water partition coefficient (Wildman–Crippen LogP) is 3.33. The Hall–Kier alpha value is -2.73. The number of nitrogens with zero attached hydrogens (tertiary/aromatic N) is 2. The maximum absolute atomic E-state index is 9.28. The van der Waals surface area contributed by atoms with Gasteiger partial charge in [0.15, 0.2) is 11.6 Å². The van der Waals surface area contributed by atoms with E-state index in [0.29, 0.717) is 28.8 Å². The molecule has 118 valence electrons. The lowest BCUT2D eigenvalue weighted by Gasteiger charge is -2.10. The largest absolute Gasteiger partial charge is 0.508 e. The van der Waals surface area contributed by atoms with Crippen molar-refractivity contribution in [1.29, 1.82) is 0 Å². The monoisotopic (exact) mass is 330 g/mol. The van der Waals surface area contributed by atoms with Gasteiger partial charge in [0.1, 0.15) is 16.5 Å². The second-order valence-electron chi connectivity index (χ2n) is 4.91. The Labute approximate surface area is 137 Å². The normalized spacial score (nSPS) is 10.7. The molecule has 3 rings (SSSR count). The molecule has 3 aromatic rings. The second-order valence-corrected chi connectivity index (χ2v) is 5.29. The summed E-state index contributed by atoms with van der Waals surface area (Å²) >= 11 is 6.34. The first-order chi connectivity index (χ1) is 11.1. The average molecular weight is 331 g/mol. The van der Waals surface area contributed by atoms with Crippen molar-refractivity contribution >= 4 is 23.4 Å². The van der Waals surface area contributed by atoms with E-state index in [4.69, 9.17) is 21.8 Å². The van der Waals surface area contributed by atoms with Gasteiger partial charge in [0.05, 0.1) is 6.26 Å². The summed E-state index contributed by atoms with van der Waals surface area (Å²) in [6.07, 6.45) is 2.29. The van der Waals surface area contributed by atoms with Gasteiger partial charge in [-0.3, -0.25) is 0 Å². The topological polar surface area (TPSA) is 97.2 Å². The minimum atomic E-state index is 0.118. The van der Waals surface area contributed by atoms with E-state index in [1.165, 1.54) is 0 Å². The lowest BCUT2D eigenvalue weighted by molar-refractivity contribution is 0.475. The highest BCUT2D eigenvalue weighted by molar-refractivity contribution is 6.35. The molecule has 0 amide bonds. The Morgan fingerprint density at radius 1 is 1.17 bits per heavy atom. The molecule has 0 radical (unpaired) electrons. The molecular weight excluding hydrogens is 316 g/mol. The summed E-state index contributed by atoms with van der Waals surface area (Å²) in [6, 6.07) is 10.5. The van der Waals surface area contributed by atoms with Crippen molar-refractivity contribution < 1.29 is 9.52 Å². The van der Waals surface area contributed by atoms with Crippen LogP contribution in [0.3, 0.4) is 0 Å². The minimum Gasteiger partial charge on any atom is -0.508 e. The molecule has 1 aromatic carbocycles. The van der Waals surface area contributed by atoms with Gasteiger partial charge in [-0.15, -0.1) is 0 Å². The van der Waals surface area contributed by atoms with Crippen LogP contribution in [0, 0.1) is 0 Å². The Balaban J connectivity index is 1.74. The Bertz CT molecular complexity index is 789. The Kier molecular flexibility index (Phi) is 4.34. The van der Waals surface area contributed by atoms with E-state index < -0.39 is 0 Å². The first kappa shape index (κ1) is 15.2. The van der Waals surface area contributed by atoms with Crippen LogP contribution in [-0.4, -0.2) is 21.6 Å². The van der Waals surface area contributed by atoms with E-state index in [1.807, 2.05) is 12.1 Å². The number of hydrogen-bond donors (Lipinski definition) is 3. The van der Waals surface area contributed by atoms with Crippen LogP contribution in [0.15, 0.2) is 47.1 Å². The van der Waals surface area contributed by atoms with Crippen LogP contribution in [0.2, 0.25) is 5.02 Å². The zero-order valence-electron chi connectivity index (χ0n) is 12.2. The van der Waals surface area contributed by atoms with E-state index in [1.54, 1.807) is 30.5 Å². The molecule has 0 aliphatic heterocycles. The highest BCUT2D eigenvalue weighted by Crippen LogP contribution is 2.31. The quantitative estimate of drug-likeness (QED) is 0.664. The maximum Gasteiger partial charge on any atom is 0.222 e. The number of nitrogen functional groups attached to an aromatic ring is 1. The number of hydrogen-bond acceptors (Lipinski definition) is 6. The average Bonchev–Trinajstić information content (AvgIpc) is 3.06. The molecule has 7 heteroatoms. The SMILES string of the molecule is Nc1nc(NCCc2ccc(O)cc2)c(Cl)c(-c2ccco2)n1. The molecular formula is C16H15ClN4O2. The molecule has 4 N–H and O–H groups in total. The molecule has 0 saturated carbocycles. The van der Waals surface area contributed by atoms with Gasteiger partial charge in [-0.25, -0.2) is 4.98 Å². The zero-order valence-corrected chi connectivity index (χ0v) is 12.9. The van der Waals surface area contributed by atoms with Gasteiger partial charge < -0.3 is 20.6 Å². The molecule has 0 aliphatic carbocycles. The van der Waals surface area contributed by atoms with Crippen LogP contribution in [0.1, 0.15) is 5.56 Å². The second kappa shape index (κ2) is 6.58. The molecule has 0 saturated heterocycles. The van der Waals surface area contributed by atoms with Crippen molar-refractivity contribution in [3.05, 3.63) is 53.2 Å². The molecule has 2 aromatic heterocycles. The smallest absolute Gasteiger partial charge is 0.222 e. The van der Waals surface area contributed by atoms with Crippen molar-refractivity contribution in [2.24, 2.45) is 0 Å². The number of nitrogens with two attached hydrogens (primary N) is 1. The summed E-state index contributed by atoms with van der Waals surface area (Å²) in [4.78, 5) is 8.26. The molecule has 0 aliphatic rings. The van der Waals surface area contributed by atoms with Crippen molar-refractivity contribution in [3.8, 4) is 17.2 Å². The number of phenols is 1. The van der Waals surface area contributed by atoms with Gasteiger partial charge in [0, 0.05) is 6.54 Å². The van der Waals surface area contributed by atoms with Crippen LogP contribution in [0.4, 0.5) is 11.8 Å². The highest BCUT2D eigenvalue weighted by Gasteiger charge is 2.15. The fourth-order valence-corrected chi connectivity index (χ4v) is 2.39. The van der Waals surface area contributed by atoms with Crippen LogP contribution in [-0.2, 0) is 6.42 Å². The first-order valence-corrected chi connectivity index (χ1v) is 7.40. The molecule has 0 atom stereocenters. The van der Waals surface area contributed by atoms with Gasteiger partial charge in [-0.05, 0) is 36.2 Å². The van der Waals surface area contributed by atoms with E-state index in [2.05, 4.69) is 15.3 Å². The molecule has 2 heterocycles. The number of aromatic hydroxyl groups is 1. The summed E-state index contributed by atoms with van der Waals surface area (Å²) in [7, 11) is 0. The van der Waals surface area contributed by atoms with E-state index >= 15 is 0 Å². The number of anilines is 2. The number of nitrogens with one attached hydrogen (secondary N) is 1. The van der Waals surface area contributed by atoms with Gasteiger partial charge in [-0.1, -0.05) is 23.7 Å². The minimum absolute atomic E-state index is 0.118. The van der Waals surface area contributed by atoms with E-state index in [-0.39, 0.29) is 11.7 Å². The maximum atomic E-state index is 9.28. The van der Waals surface area contributed by atoms with Crippen LogP contribution in [0.25, 0.3) is 11.5 Å². The fraction of sp³-hybridized carbons (Fsp3) is 0.125. The molecule has 0 spiro atoms.